The van der Waals surface area contributed by atoms with E-state index in [1.165, 1.54) is 34.0 Å². The summed E-state index contributed by atoms with van der Waals surface area (Å²) in [7, 11) is 0. The van der Waals surface area contributed by atoms with E-state index in [9.17, 15) is 5.26 Å². The van der Waals surface area contributed by atoms with Crippen LogP contribution in [0.2, 0.25) is 0 Å². The minimum absolute atomic E-state index is 0.391. The SMILES string of the molecule is Cc1cc(N2CCc3c(nc(OCCCN4C[C@@H]5C[C@H]4CO5)nc3N3CCCC(CC#N)C3)C2)c2ccccc2c1. The molecular formula is C33H40N6O2. The van der Waals surface area contributed by atoms with Gasteiger partial charge < -0.3 is 19.3 Å². The van der Waals surface area contributed by atoms with Gasteiger partial charge in [0.05, 0.1) is 37.6 Å². The summed E-state index contributed by atoms with van der Waals surface area (Å²) in [4.78, 5) is 17.5. The molecule has 1 aromatic heterocycles. The first-order chi connectivity index (χ1) is 20.1. The number of ether oxygens (including phenoxy) is 2. The molecule has 7 rings (SSSR count). The maximum absolute atomic E-state index is 9.35. The summed E-state index contributed by atoms with van der Waals surface area (Å²) < 4.78 is 12.0. The molecule has 8 heteroatoms. The van der Waals surface area contributed by atoms with Crippen LogP contribution in [0.25, 0.3) is 10.8 Å². The van der Waals surface area contributed by atoms with Crippen molar-refractivity contribution in [1.29, 1.82) is 5.26 Å². The summed E-state index contributed by atoms with van der Waals surface area (Å²) in [6, 6.07) is 16.7. The molecule has 0 aliphatic carbocycles. The Kier molecular flexibility index (Phi) is 7.40. The van der Waals surface area contributed by atoms with E-state index in [0.717, 1.165) is 83.1 Å². The molecule has 2 aromatic carbocycles. The predicted molar refractivity (Wildman–Crippen MR) is 160 cm³/mol. The Balaban J connectivity index is 1.14. The molecule has 0 saturated carbocycles. The third-order valence-electron chi connectivity index (χ3n) is 9.38. The molecule has 8 nitrogen and oxygen atoms in total. The fourth-order valence-corrected chi connectivity index (χ4v) is 7.36. The van der Waals surface area contributed by atoms with E-state index in [0.29, 0.717) is 37.1 Å². The molecule has 3 atom stereocenters. The Labute approximate surface area is 242 Å². The van der Waals surface area contributed by atoms with Crippen LogP contribution in [0.4, 0.5) is 11.5 Å². The minimum Gasteiger partial charge on any atom is -0.463 e. The second kappa shape index (κ2) is 11.5. The van der Waals surface area contributed by atoms with Crippen LogP contribution < -0.4 is 14.5 Å². The van der Waals surface area contributed by atoms with Crippen LogP contribution in [0, 0.1) is 24.2 Å². The molecule has 4 aliphatic rings. The molecule has 0 amide bonds. The van der Waals surface area contributed by atoms with Gasteiger partial charge in [-0.2, -0.15) is 15.2 Å². The van der Waals surface area contributed by atoms with Crippen molar-refractivity contribution in [2.45, 2.75) is 64.1 Å². The Hall–Kier alpha value is -3.41. The number of hydrogen-bond donors (Lipinski definition) is 0. The second-order valence-corrected chi connectivity index (χ2v) is 12.3. The number of piperidine rings is 1. The van der Waals surface area contributed by atoms with Crippen molar-refractivity contribution in [3.05, 3.63) is 53.2 Å². The molecule has 41 heavy (non-hydrogen) atoms. The normalized spacial score (nSPS) is 24.0. The highest BCUT2D eigenvalue weighted by atomic mass is 16.5. The van der Waals surface area contributed by atoms with Crippen molar-refractivity contribution in [3.63, 3.8) is 0 Å². The van der Waals surface area contributed by atoms with Gasteiger partial charge in [-0.25, -0.2) is 0 Å². The number of nitriles is 1. The maximum Gasteiger partial charge on any atom is 0.318 e. The number of morpholine rings is 1. The van der Waals surface area contributed by atoms with Gasteiger partial charge in [0.25, 0.3) is 0 Å². The Morgan fingerprint density at radius 2 is 2.05 bits per heavy atom. The monoisotopic (exact) mass is 552 g/mol. The second-order valence-electron chi connectivity index (χ2n) is 12.3. The predicted octanol–water partition coefficient (Wildman–Crippen LogP) is 4.87. The molecular weight excluding hydrogens is 512 g/mol. The lowest BCUT2D eigenvalue weighted by atomic mass is 9.94. The first kappa shape index (κ1) is 26.5. The van der Waals surface area contributed by atoms with Crippen LogP contribution in [-0.2, 0) is 17.7 Å². The maximum atomic E-state index is 9.35. The number of nitrogens with zero attached hydrogens (tertiary/aromatic N) is 6. The highest BCUT2D eigenvalue weighted by Gasteiger charge is 2.38. The number of aryl methyl sites for hydroxylation is 1. The van der Waals surface area contributed by atoms with Gasteiger partial charge in [0.2, 0.25) is 0 Å². The van der Waals surface area contributed by atoms with Crippen molar-refractivity contribution in [2.75, 3.05) is 55.7 Å². The fourth-order valence-electron chi connectivity index (χ4n) is 7.36. The molecule has 3 saturated heterocycles. The highest BCUT2D eigenvalue weighted by Crippen LogP contribution is 2.36. The van der Waals surface area contributed by atoms with Gasteiger partial charge >= 0.3 is 6.01 Å². The van der Waals surface area contributed by atoms with Crippen molar-refractivity contribution in [1.82, 2.24) is 14.9 Å². The van der Waals surface area contributed by atoms with Crippen LogP contribution in [0.5, 0.6) is 6.01 Å². The number of benzene rings is 2. The molecule has 3 fully saturated rings. The minimum atomic E-state index is 0.391. The van der Waals surface area contributed by atoms with E-state index in [-0.39, 0.29) is 0 Å². The largest absolute Gasteiger partial charge is 0.463 e. The van der Waals surface area contributed by atoms with E-state index in [4.69, 9.17) is 19.4 Å². The lowest BCUT2D eigenvalue weighted by Crippen LogP contribution is -2.39. The van der Waals surface area contributed by atoms with Crippen LogP contribution in [0.1, 0.15) is 48.9 Å². The molecule has 2 bridgehead atoms. The third-order valence-corrected chi connectivity index (χ3v) is 9.38. The molecule has 1 unspecified atom stereocenters. The summed E-state index contributed by atoms with van der Waals surface area (Å²) in [5.74, 6) is 1.41. The molecule has 214 valence electrons. The van der Waals surface area contributed by atoms with E-state index >= 15 is 0 Å². The molecule has 4 aliphatic heterocycles. The average molecular weight is 553 g/mol. The summed E-state index contributed by atoms with van der Waals surface area (Å²) in [6.45, 7) is 9.24. The number of likely N-dealkylation sites (tertiary alicyclic amines) is 1. The zero-order valence-electron chi connectivity index (χ0n) is 24.1. The molecule has 0 spiro atoms. The van der Waals surface area contributed by atoms with Crippen LogP contribution in [0.15, 0.2) is 36.4 Å². The summed E-state index contributed by atoms with van der Waals surface area (Å²) >= 11 is 0. The van der Waals surface area contributed by atoms with Crippen LogP contribution in [0.3, 0.4) is 0 Å². The van der Waals surface area contributed by atoms with Crippen molar-refractivity contribution < 1.29 is 9.47 Å². The first-order valence-corrected chi connectivity index (χ1v) is 15.4. The lowest BCUT2D eigenvalue weighted by molar-refractivity contribution is 0.0287. The number of anilines is 2. The van der Waals surface area contributed by atoms with Gasteiger partial charge in [-0.1, -0.05) is 30.3 Å². The summed E-state index contributed by atoms with van der Waals surface area (Å²) in [5, 5.41) is 11.9. The summed E-state index contributed by atoms with van der Waals surface area (Å²) in [5.41, 5.74) is 4.85. The van der Waals surface area contributed by atoms with E-state index in [1.807, 2.05) is 0 Å². The Morgan fingerprint density at radius 3 is 2.90 bits per heavy atom. The average Bonchev–Trinajstić information content (AvgIpc) is 3.62. The molecule has 0 radical (unpaired) electrons. The highest BCUT2D eigenvalue weighted by molar-refractivity contribution is 5.95. The molecule has 3 aromatic rings. The lowest BCUT2D eigenvalue weighted by Gasteiger charge is -2.37. The van der Waals surface area contributed by atoms with Gasteiger partial charge in [-0.3, -0.25) is 4.90 Å². The molecule has 0 N–H and O–H groups in total. The van der Waals surface area contributed by atoms with E-state index in [2.05, 4.69) is 64.1 Å². The quantitative estimate of drug-likeness (QED) is 0.366. The molecule has 5 heterocycles. The standard InChI is InChI=1S/C33H40N6O2/c1-23-16-25-7-2-3-8-28(25)31(17-23)38-14-10-29-30(21-38)35-33(36-32(29)39-12-4-6-24(19-39)9-11-34)40-15-5-13-37-20-27-18-26(37)22-41-27/h2-3,7-8,16-17,24,26-27H,4-6,9-10,12-15,18-22H2,1H3/t24?,26-,27-/m0/s1. The topological polar surface area (TPSA) is 77.8 Å². The number of aromatic nitrogens is 2. The van der Waals surface area contributed by atoms with Crippen LogP contribution in [-0.4, -0.2) is 73.0 Å². The van der Waals surface area contributed by atoms with Gasteiger partial charge in [0, 0.05) is 61.8 Å². The van der Waals surface area contributed by atoms with Crippen molar-refractivity contribution >= 4 is 22.3 Å². The number of fused-ring (bicyclic) bond motifs is 4. The Bertz CT molecular complexity index is 1450. The Morgan fingerprint density at radius 1 is 1.12 bits per heavy atom. The number of hydrogen-bond acceptors (Lipinski definition) is 8. The third kappa shape index (κ3) is 5.45. The summed E-state index contributed by atoms with van der Waals surface area (Å²) in [6.07, 6.45) is 6.25. The van der Waals surface area contributed by atoms with Gasteiger partial charge in [-0.05, 0) is 62.0 Å². The fraction of sp³-hybridized carbons (Fsp3) is 0.545. The first-order valence-electron chi connectivity index (χ1n) is 15.4. The zero-order valence-corrected chi connectivity index (χ0v) is 24.1. The van der Waals surface area contributed by atoms with Gasteiger partial charge in [0.1, 0.15) is 5.82 Å². The smallest absolute Gasteiger partial charge is 0.318 e. The van der Waals surface area contributed by atoms with Gasteiger partial charge in [0.15, 0.2) is 0 Å². The number of rotatable bonds is 8. The van der Waals surface area contributed by atoms with E-state index < -0.39 is 0 Å². The van der Waals surface area contributed by atoms with Crippen LogP contribution >= 0.6 is 0 Å². The van der Waals surface area contributed by atoms with Crippen molar-refractivity contribution in [2.24, 2.45) is 5.92 Å². The van der Waals surface area contributed by atoms with Crippen molar-refractivity contribution in [3.8, 4) is 12.1 Å². The van der Waals surface area contributed by atoms with E-state index in [1.54, 1.807) is 0 Å². The zero-order chi connectivity index (χ0) is 27.8. The van der Waals surface area contributed by atoms with Gasteiger partial charge in [-0.15, -0.1) is 0 Å².